The molecule has 0 heterocycles. The highest BCUT2D eigenvalue weighted by molar-refractivity contribution is 5.83. The largest absolute Gasteiger partial charge is 0.463 e. The number of hydrogen-bond acceptors (Lipinski definition) is 2. The summed E-state index contributed by atoms with van der Waals surface area (Å²) in [6, 6.07) is 0. The number of hydrogen-bond donors (Lipinski definition) is 0. The van der Waals surface area contributed by atoms with Crippen molar-refractivity contribution >= 4 is 5.97 Å². The minimum absolute atomic E-state index is 0.159. The molecule has 2 nitrogen and oxygen atoms in total. The van der Waals surface area contributed by atoms with Crippen LogP contribution in [0.5, 0.6) is 0 Å². The molecule has 16 heavy (non-hydrogen) atoms. The number of rotatable bonds is 2. The molecule has 0 N–H and O–H groups in total. The fourth-order valence-electron chi connectivity index (χ4n) is 2.79. The maximum absolute atomic E-state index is 11.4. The number of fused-ring (bicyclic) bond motifs is 1. The van der Waals surface area contributed by atoms with Crippen molar-refractivity contribution in [1.82, 2.24) is 0 Å². The van der Waals surface area contributed by atoms with Crippen molar-refractivity contribution in [2.24, 2.45) is 11.8 Å². The third kappa shape index (κ3) is 2.55. The average Bonchev–Trinajstić information content (AvgIpc) is 2.22. The maximum atomic E-state index is 11.4. The van der Waals surface area contributed by atoms with Crippen LogP contribution in [0, 0.1) is 11.8 Å². The van der Waals surface area contributed by atoms with Gasteiger partial charge in [-0.3, -0.25) is 0 Å². The Morgan fingerprint density at radius 1 is 1.44 bits per heavy atom. The molecule has 2 unspecified atom stereocenters. The van der Waals surface area contributed by atoms with Crippen LogP contribution in [0.3, 0.4) is 0 Å². The van der Waals surface area contributed by atoms with E-state index in [-0.39, 0.29) is 5.97 Å². The molecule has 0 bridgehead atoms. The van der Waals surface area contributed by atoms with Gasteiger partial charge in [-0.05, 0) is 50.9 Å². The lowest BCUT2D eigenvalue weighted by atomic mass is 9.64. The molecule has 0 radical (unpaired) electrons. The zero-order valence-corrected chi connectivity index (χ0v) is 9.95. The highest BCUT2D eigenvalue weighted by atomic mass is 16.5. The molecule has 0 saturated heterocycles. The molecule has 2 aliphatic carbocycles. The van der Waals surface area contributed by atoms with Gasteiger partial charge in [0.1, 0.15) is 0 Å². The molecule has 0 aromatic carbocycles. The van der Waals surface area contributed by atoms with Gasteiger partial charge >= 0.3 is 5.97 Å². The van der Waals surface area contributed by atoms with Gasteiger partial charge in [0, 0.05) is 6.08 Å². The lowest BCUT2D eigenvalue weighted by molar-refractivity contribution is -0.137. The molecule has 2 heteroatoms. The first kappa shape index (κ1) is 11.4. The highest BCUT2D eigenvalue weighted by Gasteiger charge is 2.35. The van der Waals surface area contributed by atoms with E-state index in [4.69, 9.17) is 4.74 Å². The second-order valence-electron chi connectivity index (χ2n) is 4.67. The fraction of sp³-hybridized carbons (Fsp3) is 0.643. The summed E-state index contributed by atoms with van der Waals surface area (Å²) in [5, 5.41) is 0. The van der Waals surface area contributed by atoms with Crippen molar-refractivity contribution in [3.63, 3.8) is 0 Å². The second kappa shape index (κ2) is 5.33. The topological polar surface area (TPSA) is 26.3 Å². The Hall–Kier alpha value is -1.05. The van der Waals surface area contributed by atoms with Crippen LogP contribution in [-0.4, -0.2) is 12.6 Å². The Labute approximate surface area is 97.4 Å². The molecule has 2 atom stereocenters. The van der Waals surface area contributed by atoms with E-state index >= 15 is 0 Å². The van der Waals surface area contributed by atoms with E-state index in [0.29, 0.717) is 12.5 Å². The standard InChI is InChI=1S/C14H20O2/c1-2-16-14(15)10-12-9-11-7-5-3-4-6-8-13(11)12/h3-4,10-11,13H,2,5-9H2,1H3/b4-3-,12-10-. The monoisotopic (exact) mass is 220 g/mol. The predicted octanol–water partition coefficient (Wildman–Crippen LogP) is 3.24. The lowest BCUT2D eigenvalue weighted by Gasteiger charge is -2.40. The van der Waals surface area contributed by atoms with Crippen molar-refractivity contribution in [3.8, 4) is 0 Å². The minimum Gasteiger partial charge on any atom is -0.463 e. The molecule has 2 rings (SSSR count). The van der Waals surface area contributed by atoms with Crippen LogP contribution in [0.1, 0.15) is 39.0 Å². The van der Waals surface area contributed by atoms with E-state index in [1.165, 1.54) is 24.8 Å². The molecule has 0 aliphatic heterocycles. The van der Waals surface area contributed by atoms with Gasteiger partial charge in [0.05, 0.1) is 6.61 Å². The molecule has 0 amide bonds. The number of carbonyl (C=O) groups is 1. The van der Waals surface area contributed by atoms with Gasteiger partial charge in [0.15, 0.2) is 0 Å². The highest BCUT2D eigenvalue weighted by Crippen LogP contribution is 2.46. The average molecular weight is 220 g/mol. The van der Waals surface area contributed by atoms with Crippen LogP contribution in [0.15, 0.2) is 23.8 Å². The molecular formula is C14H20O2. The molecule has 2 aliphatic rings. The third-order valence-electron chi connectivity index (χ3n) is 3.65. The van der Waals surface area contributed by atoms with Crippen molar-refractivity contribution < 1.29 is 9.53 Å². The number of allylic oxidation sites excluding steroid dienone is 3. The van der Waals surface area contributed by atoms with E-state index in [2.05, 4.69) is 12.2 Å². The number of esters is 1. The summed E-state index contributed by atoms with van der Waals surface area (Å²) >= 11 is 0. The molecule has 88 valence electrons. The van der Waals surface area contributed by atoms with Crippen molar-refractivity contribution in [1.29, 1.82) is 0 Å². The van der Waals surface area contributed by atoms with Crippen LogP contribution < -0.4 is 0 Å². The zero-order valence-electron chi connectivity index (χ0n) is 9.95. The van der Waals surface area contributed by atoms with Gasteiger partial charge in [0.25, 0.3) is 0 Å². The van der Waals surface area contributed by atoms with Gasteiger partial charge in [-0.25, -0.2) is 4.79 Å². The first-order chi connectivity index (χ1) is 7.81. The van der Waals surface area contributed by atoms with Gasteiger partial charge < -0.3 is 4.74 Å². The van der Waals surface area contributed by atoms with E-state index in [1.807, 2.05) is 6.92 Å². The lowest BCUT2D eigenvalue weighted by Crippen LogP contribution is -2.30. The Kier molecular flexibility index (Phi) is 3.81. The van der Waals surface area contributed by atoms with Crippen LogP contribution in [0.4, 0.5) is 0 Å². The van der Waals surface area contributed by atoms with Gasteiger partial charge in [-0.15, -0.1) is 0 Å². The second-order valence-corrected chi connectivity index (χ2v) is 4.67. The molecular weight excluding hydrogens is 200 g/mol. The number of ether oxygens (including phenoxy) is 1. The fourth-order valence-corrected chi connectivity index (χ4v) is 2.79. The maximum Gasteiger partial charge on any atom is 0.330 e. The zero-order chi connectivity index (χ0) is 11.4. The normalized spacial score (nSPS) is 33.2. The van der Waals surface area contributed by atoms with E-state index in [9.17, 15) is 4.79 Å². The first-order valence-corrected chi connectivity index (χ1v) is 6.33. The Bertz CT molecular complexity index is 315. The van der Waals surface area contributed by atoms with Crippen molar-refractivity contribution in [2.75, 3.05) is 6.61 Å². The van der Waals surface area contributed by atoms with Crippen LogP contribution in [0.25, 0.3) is 0 Å². The molecule has 1 saturated carbocycles. The van der Waals surface area contributed by atoms with Crippen LogP contribution in [0.2, 0.25) is 0 Å². The summed E-state index contributed by atoms with van der Waals surface area (Å²) in [7, 11) is 0. The Morgan fingerprint density at radius 2 is 2.19 bits per heavy atom. The first-order valence-electron chi connectivity index (χ1n) is 6.33. The SMILES string of the molecule is CCOC(=O)/C=C1/CC2CC/C=C\CCC12. The smallest absolute Gasteiger partial charge is 0.330 e. The van der Waals surface area contributed by atoms with E-state index < -0.39 is 0 Å². The predicted molar refractivity (Wildman–Crippen MR) is 63.9 cm³/mol. The summed E-state index contributed by atoms with van der Waals surface area (Å²) < 4.78 is 4.95. The van der Waals surface area contributed by atoms with Gasteiger partial charge in [-0.1, -0.05) is 17.7 Å². The number of carbonyl (C=O) groups excluding carboxylic acids is 1. The molecule has 1 fully saturated rings. The molecule has 0 aromatic heterocycles. The van der Waals surface area contributed by atoms with Crippen molar-refractivity contribution in [2.45, 2.75) is 39.0 Å². The quantitative estimate of drug-likeness (QED) is 0.405. The van der Waals surface area contributed by atoms with E-state index in [1.54, 1.807) is 6.08 Å². The van der Waals surface area contributed by atoms with E-state index in [0.717, 1.165) is 18.8 Å². The van der Waals surface area contributed by atoms with Crippen LogP contribution in [-0.2, 0) is 9.53 Å². The van der Waals surface area contributed by atoms with Crippen molar-refractivity contribution in [3.05, 3.63) is 23.8 Å². The third-order valence-corrected chi connectivity index (χ3v) is 3.65. The van der Waals surface area contributed by atoms with Gasteiger partial charge in [0.2, 0.25) is 0 Å². The summed E-state index contributed by atoms with van der Waals surface area (Å²) in [5.41, 5.74) is 1.32. The summed E-state index contributed by atoms with van der Waals surface area (Å²) in [5.74, 6) is 1.30. The molecule has 0 spiro atoms. The Morgan fingerprint density at radius 3 is 2.94 bits per heavy atom. The Balaban J connectivity index is 1.94. The van der Waals surface area contributed by atoms with Crippen LogP contribution >= 0.6 is 0 Å². The summed E-state index contributed by atoms with van der Waals surface area (Å²) in [6.07, 6.45) is 12.2. The molecule has 0 aromatic rings. The summed E-state index contributed by atoms with van der Waals surface area (Å²) in [6.45, 7) is 2.32. The van der Waals surface area contributed by atoms with Gasteiger partial charge in [-0.2, -0.15) is 0 Å². The summed E-state index contributed by atoms with van der Waals surface area (Å²) in [4.78, 5) is 11.4. The minimum atomic E-state index is -0.159.